The highest BCUT2D eigenvalue weighted by Crippen LogP contribution is 2.28. The van der Waals surface area contributed by atoms with Crippen LogP contribution in [0.4, 0.5) is 11.4 Å². The van der Waals surface area contributed by atoms with Crippen LogP contribution in [0, 0.1) is 18.3 Å². The molecule has 1 heterocycles. The van der Waals surface area contributed by atoms with Crippen molar-refractivity contribution >= 4 is 23.0 Å². The maximum absolute atomic E-state index is 9.28. The van der Waals surface area contributed by atoms with Crippen molar-refractivity contribution in [3.8, 4) is 6.07 Å². The molecule has 0 unspecified atom stereocenters. The summed E-state index contributed by atoms with van der Waals surface area (Å²) in [7, 11) is 0. The first-order chi connectivity index (χ1) is 11.2. The van der Waals surface area contributed by atoms with Crippen LogP contribution in [0.2, 0.25) is 5.02 Å². The second-order valence-electron chi connectivity index (χ2n) is 6.05. The minimum Gasteiger partial charge on any atom is -0.382 e. The van der Waals surface area contributed by atoms with Crippen LogP contribution in [0.15, 0.2) is 42.5 Å². The fourth-order valence-electron chi connectivity index (χ4n) is 3.10. The van der Waals surface area contributed by atoms with Crippen molar-refractivity contribution in [2.75, 3.05) is 23.3 Å². The summed E-state index contributed by atoms with van der Waals surface area (Å²) in [5, 5.41) is 13.6. The van der Waals surface area contributed by atoms with Gasteiger partial charge in [-0.2, -0.15) is 5.26 Å². The van der Waals surface area contributed by atoms with Crippen LogP contribution in [0.3, 0.4) is 0 Å². The lowest BCUT2D eigenvalue weighted by atomic mass is 10.0. The highest BCUT2D eigenvalue weighted by atomic mass is 35.5. The van der Waals surface area contributed by atoms with E-state index in [1.165, 1.54) is 11.3 Å². The third-order valence-corrected chi connectivity index (χ3v) is 4.54. The first-order valence-electron chi connectivity index (χ1n) is 7.93. The number of piperidine rings is 1. The monoisotopic (exact) mass is 325 g/mol. The first-order valence-corrected chi connectivity index (χ1v) is 8.31. The Hall–Kier alpha value is -2.18. The van der Waals surface area contributed by atoms with Crippen molar-refractivity contribution in [2.45, 2.75) is 25.8 Å². The Morgan fingerprint density at radius 2 is 1.96 bits per heavy atom. The van der Waals surface area contributed by atoms with Gasteiger partial charge in [0.1, 0.15) is 6.07 Å². The molecule has 3 rings (SSSR count). The zero-order chi connectivity index (χ0) is 16.2. The number of hydrogen-bond acceptors (Lipinski definition) is 3. The van der Waals surface area contributed by atoms with Gasteiger partial charge in [-0.25, -0.2) is 0 Å². The van der Waals surface area contributed by atoms with E-state index in [4.69, 9.17) is 11.6 Å². The number of nitrogens with one attached hydrogen (secondary N) is 1. The summed E-state index contributed by atoms with van der Waals surface area (Å²) in [5.41, 5.74) is 4.10. The minimum atomic E-state index is 0.470. The normalized spacial score (nSPS) is 15.3. The highest BCUT2D eigenvalue weighted by molar-refractivity contribution is 6.30. The van der Waals surface area contributed by atoms with Crippen LogP contribution < -0.4 is 10.2 Å². The van der Waals surface area contributed by atoms with Crippen molar-refractivity contribution < 1.29 is 0 Å². The second kappa shape index (κ2) is 6.93. The number of hydrogen-bond donors (Lipinski definition) is 1. The van der Waals surface area contributed by atoms with E-state index in [9.17, 15) is 5.26 Å². The number of aryl methyl sites for hydroxylation is 1. The third kappa shape index (κ3) is 3.78. The largest absolute Gasteiger partial charge is 0.382 e. The molecule has 1 aliphatic rings. The average Bonchev–Trinajstić information content (AvgIpc) is 2.55. The quantitative estimate of drug-likeness (QED) is 0.896. The van der Waals surface area contributed by atoms with Crippen molar-refractivity contribution in [3.63, 3.8) is 0 Å². The van der Waals surface area contributed by atoms with Gasteiger partial charge in [0.15, 0.2) is 0 Å². The van der Waals surface area contributed by atoms with Gasteiger partial charge in [0.2, 0.25) is 0 Å². The summed E-state index contributed by atoms with van der Waals surface area (Å²) in [6.45, 7) is 3.97. The standard InChI is InChI=1S/C19H20ClN3/c1-14-3-2-4-18(11-14)22-17-7-9-23(10-8-17)19-12-16(20)6-5-15(19)13-21/h2-6,11-12,17,22H,7-10H2,1H3. The highest BCUT2D eigenvalue weighted by Gasteiger charge is 2.21. The molecule has 2 aromatic carbocycles. The number of nitrogens with zero attached hydrogens (tertiary/aromatic N) is 2. The van der Waals surface area contributed by atoms with Crippen LogP contribution in [0.25, 0.3) is 0 Å². The van der Waals surface area contributed by atoms with Gasteiger partial charge < -0.3 is 10.2 Å². The van der Waals surface area contributed by atoms with Gasteiger partial charge in [0.25, 0.3) is 0 Å². The molecule has 1 aliphatic heterocycles. The van der Waals surface area contributed by atoms with Crippen molar-refractivity contribution in [1.29, 1.82) is 5.26 Å². The lowest BCUT2D eigenvalue weighted by Gasteiger charge is -2.35. The lowest BCUT2D eigenvalue weighted by Crippen LogP contribution is -2.39. The number of nitriles is 1. The number of rotatable bonds is 3. The molecule has 23 heavy (non-hydrogen) atoms. The molecule has 0 atom stereocenters. The second-order valence-corrected chi connectivity index (χ2v) is 6.48. The molecule has 0 amide bonds. The average molecular weight is 326 g/mol. The molecule has 1 saturated heterocycles. The van der Waals surface area contributed by atoms with E-state index < -0.39 is 0 Å². The molecule has 1 fully saturated rings. The van der Waals surface area contributed by atoms with Gasteiger partial charge in [0.05, 0.1) is 11.3 Å². The summed E-state index contributed by atoms with van der Waals surface area (Å²) >= 11 is 6.10. The molecule has 0 saturated carbocycles. The molecular formula is C19H20ClN3. The maximum Gasteiger partial charge on any atom is 0.101 e. The predicted octanol–water partition coefficient (Wildman–Crippen LogP) is 4.60. The molecule has 118 valence electrons. The van der Waals surface area contributed by atoms with Gasteiger partial charge in [-0.15, -0.1) is 0 Å². The van der Waals surface area contributed by atoms with E-state index in [0.29, 0.717) is 16.6 Å². The Kier molecular flexibility index (Phi) is 4.73. The summed E-state index contributed by atoms with van der Waals surface area (Å²) in [6.07, 6.45) is 2.09. The molecule has 0 aromatic heterocycles. The van der Waals surface area contributed by atoms with Gasteiger partial charge >= 0.3 is 0 Å². The molecule has 2 aromatic rings. The van der Waals surface area contributed by atoms with Crippen LogP contribution in [-0.4, -0.2) is 19.1 Å². The first kappa shape index (κ1) is 15.7. The van der Waals surface area contributed by atoms with Crippen LogP contribution in [0.5, 0.6) is 0 Å². The fourth-order valence-corrected chi connectivity index (χ4v) is 3.26. The summed E-state index contributed by atoms with van der Waals surface area (Å²) < 4.78 is 0. The summed E-state index contributed by atoms with van der Waals surface area (Å²) in [5.74, 6) is 0. The summed E-state index contributed by atoms with van der Waals surface area (Å²) in [6, 6.07) is 16.7. The predicted molar refractivity (Wildman–Crippen MR) is 96.2 cm³/mol. The molecule has 1 N–H and O–H groups in total. The van der Waals surface area contributed by atoms with Gasteiger partial charge in [-0.1, -0.05) is 23.7 Å². The minimum absolute atomic E-state index is 0.470. The maximum atomic E-state index is 9.28. The lowest BCUT2D eigenvalue weighted by molar-refractivity contribution is 0.526. The smallest absolute Gasteiger partial charge is 0.101 e. The SMILES string of the molecule is Cc1cccc(NC2CCN(c3cc(Cl)ccc3C#N)CC2)c1. The fraction of sp³-hybridized carbons (Fsp3) is 0.316. The molecular weight excluding hydrogens is 306 g/mol. The molecule has 0 bridgehead atoms. The van der Waals surface area contributed by atoms with Crippen molar-refractivity contribution in [3.05, 3.63) is 58.6 Å². The molecule has 4 heteroatoms. The zero-order valence-electron chi connectivity index (χ0n) is 13.2. The molecule has 0 radical (unpaired) electrons. The van der Waals surface area contributed by atoms with Gasteiger partial charge in [-0.05, 0) is 55.7 Å². The Bertz CT molecular complexity index is 728. The van der Waals surface area contributed by atoms with E-state index in [1.807, 2.05) is 6.07 Å². The molecule has 0 aliphatic carbocycles. The Morgan fingerprint density at radius 1 is 1.17 bits per heavy atom. The van der Waals surface area contributed by atoms with E-state index in [-0.39, 0.29) is 0 Å². The topological polar surface area (TPSA) is 39.1 Å². The van der Waals surface area contributed by atoms with Crippen molar-refractivity contribution in [1.82, 2.24) is 0 Å². The number of halogens is 1. The van der Waals surface area contributed by atoms with Gasteiger partial charge in [-0.3, -0.25) is 0 Å². The summed E-state index contributed by atoms with van der Waals surface area (Å²) in [4.78, 5) is 2.26. The van der Waals surface area contributed by atoms with E-state index in [2.05, 4.69) is 47.5 Å². The van der Waals surface area contributed by atoms with Crippen LogP contribution in [-0.2, 0) is 0 Å². The number of anilines is 2. The van der Waals surface area contributed by atoms with E-state index >= 15 is 0 Å². The van der Waals surface area contributed by atoms with Gasteiger partial charge in [0, 0.05) is 29.8 Å². The zero-order valence-corrected chi connectivity index (χ0v) is 14.0. The van der Waals surface area contributed by atoms with Crippen molar-refractivity contribution in [2.24, 2.45) is 0 Å². The van der Waals surface area contributed by atoms with E-state index in [0.717, 1.165) is 31.6 Å². The van der Waals surface area contributed by atoms with Crippen LogP contribution >= 0.6 is 11.6 Å². The molecule has 3 nitrogen and oxygen atoms in total. The number of benzene rings is 2. The molecule has 0 spiro atoms. The Balaban J connectivity index is 1.65. The Labute approximate surface area is 142 Å². The van der Waals surface area contributed by atoms with Crippen LogP contribution in [0.1, 0.15) is 24.0 Å². The third-order valence-electron chi connectivity index (χ3n) is 4.30. The van der Waals surface area contributed by atoms with E-state index in [1.54, 1.807) is 12.1 Å². The Morgan fingerprint density at radius 3 is 2.65 bits per heavy atom.